The first kappa shape index (κ1) is 38.1. The molecule has 3 amide bonds. The molecule has 5 atom stereocenters. The number of nitrogens with one attached hydrogen (secondary N) is 2. The van der Waals surface area contributed by atoms with Crippen LogP contribution in [-0.4, -0.2) is 96.7 Å². The number of nitrogens with zero attached hydrogens (tertiary/aromatic N) is 3. The van der Waals surface area contributed by atoms with Crippen molar-refractivity contribution in [1.82, 2.24) is 19.9 Å². The van der Waals surface area contributed by atoms with Crippen LogP contribution in [0.25, 0.3) is 10.8 Å². The van der Waals surface area contributed by atoms with Gasteiger partial charge in [0.1, 0.15) is 35.1 Å². The number of benzene rings is 1. The Hall–Kier alpha value is -4.09. The molecule has 2 saturated carbocycles. The number of pyridine rings is 1. The number of fused-ring (bicyclic) bond motifs is 1. The second-order valence-corrected chi connectivity index (χ2v) is 16.2. The lowest BCUT2D eigenvalue weighted by Gasteiger charge is -2.30. The SMILES string of the molecule is COc1cc2ccnc(OC3CC(C(=O)NC4(C(=O)NS(=O)(=O)C5(CF)CC5)CC4C)N(C(=O)C(C)N=C(C)C(C)(C)C(F)(F)F)C3)c2cc1F. The van der Waals surface area contributed by atoms with E-state index in [-0.39, 0.29) is 55.0 Å². The molecule has 1 saturated heterocycles. The maximum atomic E-state index is 14.7. The summed E-state index contributed by atoms with van der Waals surface area (Å²) in [7, 11) is -3.10. The van der Waals surface area contributed by atoms with Gasteiger partial charge in [-0.2, -0.15) is 13.2 Å². The van der Waals surface area contributed by atoms with Crippen LogP contribution in [0.3, 0.4) is 0 Å². The molecule has 1 aromatic carbocycles. The van der Waals surface area contributed by atoms with Crippen molar-refractivity contribution < 1.29 is 54.2 Å². The maximum Gasteiger partial charge on any atom is 0.399 e. The van der Waals surface area contributed by atoms with Crippen LogP contribution in [0.2, 0.25) is 0 Å². The molecule has 2 heterocycles. The van der Waals surface area contributed by atoms with Gasteiger partial charge in [-0.3, -0.25) is 24.1 Å². The van der Waals surface area contributed by atoms with Crippen molar-refractivity contribution in [3.63, 3.8) is 0 Å². The Kier molecular flexibility index (Phi) is 9.84. The quantitative estimate of drug-likeness (QED) is 0.244. The number of aromatic nitrogens is 1. The molecule has 2 aromatic rings. The highest BCUT2D eigenvalue weighted by Crippen LogP contribution is 2.47. The number of halogens is 5. The van der Waals surface area contributed by atoms with Gasteiger partial charge in [0, 0.05) is 23.7 Å². The van der Waals surface area contributed by atoms with E-state index in [2.05, 4.69) is 15.3 Å². The number of hydrogen-bond donors (Lipinski definition) is 2. The number of ether oxygens (including phenoxy) is 2. The molecule has 18 heteroatoms. The summed E-state index contributed by atoms with van der Waals surface area (Å²) in [4.78, 5) is 50.4. The molecule has 5 unspecified atom stereocenters. The van der Waals surface area contributed by atoms with E-state index in [0.717, 1.165) is 31.7 Å². The third-order valence-corrected chi connectivity index (χ3v) is 12.5. The Balaban J connectivity index is 1.43. The van der Waals surface area contributed by atoms with Crippen LogP contribution in [-0.2, 0) is 24.4 Å². The fraction of sp³-hybridized carbons (Fsp3) is 0.606. The van der Waals surface area contributed by atoms with Crippen LogP contribution >= 0.6 is 0 Å². The minimum atomic E-state index is -4.67. The summed E-state index contributed by atoms with van der Waals surface area (Å²) in [5.41, 5.74) is -4.42. The molecule has 0 spiro atoms. The zero-order valence-corrected chi connectivity index (χ0v) is 29.7. The van der Waals surface area contributed by atoms with Gasteiger partial charge < -0.3 is 19.7 Å². The lowest BCUT2D eigenvalue weighted by atomic mass is 9.87. The van der Waals surface area contributed by atoms with Gasteiger partial charge >= 0.3 is 6.18 Å². The smallest absolute Gasteiger partial charge is 0.399 e. The summed E-state index contributed by atoms with van der Waals surface area (Å²) in [6.07, 6.45) is -4.28. The molecule has 2 aliphatic carbocycles. The van der Waals surface area contributed by atoms with Gasteiger partial charge in [0.2, 0.25) is 27.7 Å². The Labute approximate surface area is 291 Å². The third-order valence-electron chi connectivity index (χ3n) is 10.4. The molecule has 280 valence electrons. The summed E-state index contributed by atoms with van der Waals surface area (Å²) in [5.74, 6) is -4.00. The van der Waals surface area contributed by atoms with Crippen molar-refractivity contribution in [2.45, 2.75) is 95.0 Å². The second-order valence-electron chi connectivity index (χ2n) is 14.1. The van der Waals surface area contributed by atoms with Crippen molar-refractivity contribution >= 4 is 44.2 Å². The van der Waals surface area contributed by atoms with Crippen LogP contribution in [0.1, 0.15) is 60.3 Å². The Morgan fingerprint density at radius 1 is 1.20 bits per heavy atom. The Bertz CT molecular complexity index is 1880. The van der Waals surface area contributed by atoms with Crippen LogP contribution in [0.4, 0.5) is 22.0 Å². The molecule has 1 aromatic heterocycles. The van der Waals surface area contributed by atoms with Crippen LogP contribution in [0, 0.1) is 17.2 Å². The third kappa shape index (κ3) is 6.94. The number of alkyl halides is 4. The highest BCUT2D eigenvalue weighted by molar-refractivity contribution is 7.91. The molecular weight excluding hydrogens is 705 g/mol. The molecule has 0 bridgehead atoms. The van der Waals surface area contributed by atoms with Crippen molar-refractivity contribution in [2.24, 2.45) is 16.3 Å². The van der Waals surface area contributed by atoms with E-state index in [1.54, 1.807) is 13.0 Å². The minimum absolute atomic E-state index is 0.0235. The summed E-state index contributed by atoms with van der Waals surface area (Å²) in [6.45, 7) is 4.43. The molecule has 3 aliphatic rings. The van der Waals surface area contributed by atoms with E-state index in [9.17, 15) is 44.8 Å². The van der Waals surface area contributed by atoms with Crippen LogP contribution in [0.15, 0.2) is 29.4 Å². The van der Waals surface area contributed by atoms with Gasteiger partial charge in [0.15, 0.2) is 11.6 Å². The lowest BCUT2D eigenvalue weighted by molar-refractivity contribution is -0.186. The van der Waals surface area contributed by atoms with Gasteiger partial charge in [-0.25, -0.2) is 22.2 Å². The molecule has 51 heavy (non-hydrogen) atoms. The van der Waals surface area contributed by atoms with E-state index in [1.807, 2.05) is 4.72 Å². The monoisotopic (exact) mass is 745 g/mol. The first-order valence-electron chi connectivity index (χ1n) is 16.3. The predicted octanol–water partition coefficient (Wildman–Crippen LogP) is 4.01. The molecule has 3 fully saturated rings. The molecule has 2 N–H and O–H groups in total. The molecule has 0 radical (unpaired) electrons. The van der Waals surface area contributed by atoms with E-state index < -0.39 is 86.2 Å². The van der Waals surface area contributed by atoms with Crippen molar-refractivity contribution in [2.75, 3.05) is 20.3 Å². The molecule has 1 aliphatic heterocycles. The highest BCUT2D eigenvalue weighted by Gasteiger charge is 2.63. The lowest BCUT2D eigenvalue weighted by Crippen LogP contribution is -2.57. The zero-order chi connectivity index (χ0) is 37.9. The standard InChI is InChI=1S/C33H40F5N5O7S/c1-17-14-32(17,29(46)42-51(47,48)31(16-34)8-9-31)41-26(44)24-12-21(50-27-22-13-23(35)25(49-6)11-20(22)7-10-39-27)15-43(24)28(45)18(2)40-19(3)30(4,5)33(36,37)38/h7,10-11,13,17-18,21,24H,8-9,12,14-16H2,1-6H3,(H,41,44)(H,42,46). The summed E-state index contributed by atoms with van der Waals surface area (Å²) in [5, 5.41) is 3.36. The molecule has 12 nitrogen and oxygen atoms in total. The first-order chi connectivity index (χ1) is 23.6. The van der Waals surface area contributed by atoms with E-state index in [1.165, 1.54) is 26.3 Å². The highest BCUT2D eigenvalue weighted by atomic mass is 32.2. The number of carbonyl (C=O) groups excluding carboxylic acids is 3. The van der Waals surface area contributed by atoms with Gasteiger partial charge in [-0.05, 0) is 76.5 Å². The van der Waals surface area contributed by atoms with Gasteiger partial charge in [-0.15, -0.1) is 0 Å². The Morgan fingerprint density at radius 3 is 2.39 bits per heavy atom. The molecular formula is C33H40F5N5O7S. The number of amides is 3. The fourth-order valence-corrected chi connectivity index (χ4v) is 7.52. The summed E-state index contributed by atoms with van der Waals surface area (Å²) < 4.78 is 106. The first-order valence-corrected chi connectivity index (χ1v) is 17.8. The number of likely N-dealkylation sites (tertiary alicyclic amines) is 1. The maximum absolute atomic E-state index is 14.7. The van der Waals surface area contributed by atoms with Crippen molar-refractivity contribution in [3.8, 4) is 11.6 Å². The number of rotatable bonds is 12. The van der Waals surface area contributed by atoms with Gasteiger partial charge in [-0.1, -0.05) is 6.92 Å². The average Bonchev–Trinajstić information content (AvgIpc) is 3.94. The minimum Gasteiger partial charge on any atom is -0.494 e. The number of hydrogen-bond acceptors (Lipinski definition) is 9. The van der Waals surface area contributed by atoms with Crippen molar-refractivity contribution in [1.29, 1.82) is 0 Å². The second kappa shape index (κ2) is 13.2. The van der Waals surface area contributed by atoms with Crippen LogP contribution < -0.4 is 19.5 Å². The summed E-state index contributed by atoms with van der Waals surface area (Å²) >= 11 is 0. The normalized spacial score (nSPS) is 25.3. The predicted molar refractivity (Wildman–Crippen MR) is 175 cm³/mol. The number of methoxy groups -OCH3 is 1. The molecule has 5 rings (SSSR count). The van der Waals surface area contributed by atoms with E-state index >= 15 is 0 Å². The fourth-order valence-electron chi connectivity index (χ4n) is 6.09. The summed E-state index contributed by atoms with van der Waals surface area (Å²) in [6, 6.07) is 1.45. The zero-order valence-electron chi connectivity index (χ0n) is 28.9. The average molecular weight is 746 g/mol. The number of sulfonamides is 1. The largest absolute Gasteiger partial charge is 0.494 e. The number of aliphatic imine (C=N–C) groups is 1. The number of carbonyl (C=O) groups is 3. The topological polar surface area (TPSA) is 156 Å². The van der Waals surface area contributed by atoms with Crippen molar-refractivity contribution in [3.05, 3.63) is 30.2 Å². The van der Waals surface area contributed by atoms with Crippen LogP contribution in [0.5, 0.6) is 11.6 Å². The van der Waals surface area contributed by atoms with Gasteiger partial charge in [0.05, 0.1) is 19.1 Å². The van der Waals surface area contributed by atoms with E-state index in [0.29, 0.717) is 5.39 Å². The Morgan fingerprint density at radius 2 is 1.84 bits per heavy atom. The van der Waals surface area contributed by atoms with Gasteiger partial charge in [0.25, 0.3) is 5.91 Å². The van der Waals surface area contributed by atoms with E-state index in [4.69, 9.17) is 9.47 Å².